The Hall–Kier alpha value is -1.08. The maximum Gasteiger partial charge on any atom is 0.0256 e. The van der Waals surface area contributed by atoms with Crippen LogP contribution in [0.15, 0.2) is 42.5 Å². The summed E-state index contributed by atoms with van der Waals surface area (Å²) in [4.78, 5) is 2.64. The monoisotopic (exact) mass is 229 g/mol. The standard InChI is InChI=1S/C16H23N/c1-3-8-16-12-7-9-14(2)17(16)13-15-10-5-4-6-11-15/h4-7,9-11,14,16H,3,8,12-13H2,1-2H3/t14-,16-/m1/s1. The largest absolute Gasteiger partial charge is 0.290 e. The van der Waals surface area contributed by atoms with Crippen LogP contribution in [0.4, 0.5) is 0 Å². The SMILES string of the molecule is CCC[C@@H]1CC=C[C@@H](C)N1Cc1ccccc1. The molecule has 1 aliphatic heterocycles. The molecule has 1 heteroatoms. The zero-order valence-electron chi connectivity index (χ0n) is 11.0. The second-order valence-electron chi connectivity index (χ2n) is 5.00. The van der Waals surface area contributed by atoms with Gasteiger partial charge in [-0.2, -0.15) is 0 Å². The quantitative estimate of drug-likeness (QED) is 0.705. The summed E-state index contributed by atoms with van der Waals surface area (Å²) in [5, 5.41) is 0. The highest BCUT2D eigenvalue weighted by Gasteiger charge is 2.23. The van der Waals surface area contributed by atoms with Gasteiger partial charge in [-0.15, -0.1) is 0 Å². The Labute approximate surface area is 105 Å². The molecule has 0 aliphatic carbocycles. The van der Waals surface area contributed by atoms with E-state index in [1.165, 1.54) is 24.8 Å². The van der Waals surface area contributed by atoms with Crippen LogP contribution in [0.25, 0.3) is 0 Å². The van der Waals surface area contributed by atoms with Gasteiger partial charge in [0, 0.05) is 18.6 Å². The molecule has 1 nitrogen and oxygen atoms in total. The predicted molar refractivity (Wildman–Crippen MR) is 73.9 cm³/mol. The molecule has 0 fully saturated rings. The maximum atomic E-state index is 2.64. The van der Waals surface area contributed by atoms with Gasteiger partial charge in [-0.05, 0) is 25.3 Å². The minimum atomic E-state index is 0.570. The van der Waals surface area contributed by atoms with E-state index in [9.17, 15) is 0 Å². The lowest BCUT2D eigenvalue weighted by atomic mass is 9.98. The molecular weight excluding hydrogens is 206 g/mol. The summed E-state index contributed by atoms with van der Waals surface area (Å²) < 4.78 is 0. The van der Waals surface area contributed by atoms with Crippen molar-refractivity contribution in [2.45, 2.75) is 51.7 Å². The van der Waals surface area contributed by atoms with E-state index in [1.807, 2.05) is 0 Å². The van der Waals surface area contributed by atoms with E-state index in [0.29, 0.717) is 6.04 Å². The first kappa shape index (κ1) is 12.4. The minimum Gasteiger partial charge on any atom is -0.290 e. The van der Waals surface area contributed by atoms with Crippen molar-refractivity contribution in [1.82, 2.24) is 4.90 Å². The predicted octanol–water partition coefficient (Wildman–Crippen LogP) is 4.01. The lowest BCUT2D eigenvalue weighted by molar-refractivity contribution is 0.141. The molecule has 0 N–H and O–H groups in total. The first-order valence-electron chi connectivity index (χ1n) is 6.77. The van der Waals surface area contributed by atoms with Crippen LogP contribution in [0.3, 0.4) is 0 Å². The number of benzene rings is 1. The fourth-order valence-electron chi connectivity index (χ4n) is 2.70. The number of hydrogen-bond acceptors (Lipinski definition) is 1. The van der Waals surface area contributed by atoms with Crippen LogP contribution in [0, 0.1) is 0 Å². The van der Waals surface area contributed by atoms with Crippen LogP contribution < -0.4 is 0 Å². The topological polar surface area (TPSA) is 3.24 Å². The average Bonchev–Trinajstić information content (AvgIpc) is 2.35. The van der Waals surface area contributed by atoms with Crippen molar-refractivity contribution in [3.8, 4) is 0 Å². The first-order chi connectivity index (χ1) is 8.31. The van der Waals surface area contributed by atoms with Gasteiger partial charge in [-0.25, -0.2) is 0 Å². The molecule has 0 spiro atoms. The van der Waals surface area contributed by atoms with E-state index >= 15 is 0 Å². The van der Waals surface area contributed by atoms with Gasteiger partial charge >= 0.3 is 0 Å². The van der Waals surface area contributed by atoms with E-state index in [1.54, 1.807) is 0 Å². The highest BCUT2D eigenvalue weighted by atomic mass is 15.2. The summed E-state index contributed by atoms with van der Waals surface area (Å²) in [5.74, 6) is 0. The maximum absolute atomic E-state index is 2.64. The van der Waals surface area contributed by atoms with Crippen molar-refractivity contribution in [3.05, 3.63) is 48.0 Å². The van der Waals surface area contributed by atoms with E-state index in [4.69, 9.17) is 0 Å². The van der Waals surface area contributed by atoms with Gasteiger partial charge in [0.2, 0.25) is 0 Å². The summed E-state index contributed by atoms with van der Waals surface area (Å²) >= 11 is 0. The third kappa shape index (κ3) is 3.19. The molecule has 0 saturated carbocycles. The Morgan fingerprint density at radius 3 is 2.71 bits per heavy atom. The zero-order chi connectivity index (χ0) is 12.1. The highest BCUT2D eigenvalue weighted by molar-refractivity contribution is 5.16. The van der Waals surface area contributed by atoms with Gasteiger partial charge in [0.15, 0.2) is 0 Å². The van der Waals surface area contributed by atoms with Crippen LogP contribution in [-0.4, -0.2) is 17.0 Å². The van der Waals surface area contributed by atoms with Gasteiger partial charge < -0.3 is 0 Å². The molecule has 0 bridgehead atoms. The molecule has 0 radical (unpaired) electrons. The Balaban J connectivity index is 2.08. The minimum absolute atomic E-state index is 0.570. The fraction of sp³-hybridized carbons (Fsp3) is 0.500. The van der Waals surface area contributed by atoms with Gasteiger partial charge in [-0.3, -0.25) is 4.90 Å². The second kappa shape index (κ2) is 6.02. The van der Waals surface area contributed by atoms with E-state index in [2.05, 4.69) is 61.2 Å². The molecule has 2 atom stereocenters. The van der Waals surface area contributed by atoms with Gasteiger partial charge in [0.1, 0.15) is 0 Å². The Bertz CT molecular complexity index is 355. The van der Waals surface area contributed by atoms with E-state index in [0.717, 1.165) is 12.6 Å². The summed E-state index contributed by atoms with van der Waals surface area (Å²) in [7, 11) is 0. The van der Waals surface area contributed by atoms with Crippen molar-refractivity contribution < 1.29 is 0 Å². The van der Waals surface area contributed by atoms with Crippen molar-refractivity contribution in [3.63, 3.8) is 0 Å². The van der Waals surface area contributed by atoms with Crippen LogP contribution in [-0.2, 0) is 6.54 Å². The molecule has 0 amide bonds. The van der Waals surface area contributed by atoms with Crippen molar-refractivity contribution in [2.75, 3.05) is 0 Å². The number of hydrogen-bond donors (Lipinski definition) is 0. The highest BCUT2D eigenvalue weighted by Crippen LogP contribution is 2.23. The molecule has 92 valence electrons. The van der Waals surface area contributed by atoms with Crippen molar-refractivity contribution in [2.24, 2.45) is 0 Å². The van der Waals surface area contributed by atoms with Crippen molar-refractivity contribution in [1.29, 1.82) is 0 Å². The first-order valence-corrected chi connectivity index (χ1v) is 6.77. The molecule has 0 aromatic heterocycles. The Kier molecular flexibility index (Phi) is 4.38. The third-order valence-corrected chi connectivity index (χ3v) is 3.64. The zero-order valence-corrected chi connectivity index (χ0v) is 11.0. The summed E-state index contributed by atoms with van der Waals surface area (Å²) in [6, 6.07) is 12.1. The van der Waals surface area contributed by atoms with Crippen molar-refractivity contribution >= 4 is 0 Å². The lowest BCUT2D eigenvalue weighted by Gasteiger charge is -2.37. The molecule has 1 aromatic carbocycles. The number of nitrogens with zero attached hydrogens (tertiary/aromatic N) is 1. The van der Waals surface area contributed by atoms with Gasteiger partial charge in [-0.1, -0.05) is 55.8 Å². The molecule has 1 aromatic rings. The van der Waals surface area contributed by atoms with E-state index < -0.39 is 0 Å². The Morgan fingerprint density at radius 2 is 2.00 bits per heavy atom. The fourth-order valence-corrected chi connectivity index (χ4v) is 2.70. The molecule has 1 aliphatic rings. The summed E-state index contributed by atoms with van der Waals surface area (Å²) in [6.07, 6.45) is 8.49. The number of rotatable bonds is 4. The summed E-state index contributed by atoms with van der Waals surface area (Å²) in [5.41, 5.74) is 1.43. The molecular formula is C16H23N. The molecule has 2 rings (SSSR count). The van der Waals surface area contributed by atoms with Gasteiger partial charge in [0.05, 0.1) is 0 Å². The smallest absolute Gasteiger partial charge is 0.0256 e. The molecule has 0 unspecified atom stereocenters. The van der Waals surface area contributed by atoms with Crippen LogP contribution >= 0.6 is 0 Å². The molecule has 1 heterocycles. The Morgan fingerprint density at radius 1 is 1.24 bits per heavy atom. The van der Waals surface area contributed by atoms with Crippen LogP contribution in [0.2, 0.25) is 0 Å². The third-order valence-electron chi connectivity index (χ3n) is 3.64. The van der Waals surface area contributed by atoms with E-state index in [-0.39, 0.29) is 0 Å². The summed E-state index contributed by atoms with van der Waals surface area (Å²) in [6.45, 7) is 5.67. The molecule has 0 saturated heterocycles. The average molecular weight is 229 g/mol. The lowest BCUT2D eigenvalue weighted by Crippen LogP contribution is -2.42. The van der Waals surface area contributed by atoms with Gasteiger partial charge in [0.25, 0.3) is 0 Å². The molecule has 17 heavy (non-hydrogen) atoms. The second-order valence-corrected chi connectivity index (χ2v) is 5.00. The van der Waals surface area contributed by atoms with Crippen LogP contribution in [0.5, 0.6) is 0 Å². The van der Waals surface area contributed by atoms with Crippen LogP contribution in [0.1, 0.15) is 38.7 Å². The normalized spacial score (nSPS) is 25.1.